The molecule has 0 spiro atoms. The van der Waals surface area contributed by atoms with E-state index in [0.29, 0.717) is 17.5 Å². The second-order valence-corrected chi connectivity index (χ2v) is 13.1. The molecule has 49 heavy (non-hydrogen) atoms. The summed E-state index contributed by atoms with van der Waals surface area (Å²) in [5.41, 5.74) is 12.2. The fourth-order valence-electron chi connectivity index (χ4n) is 7.41. The van der Waals surface area contributed by atoms with E-state index in [1.165, 1.54) is 33.0 Å². The highest BCUT2D eigenvalue weighted by Gasteiger charge is 2.38. The molecule has 6 aromatic carbocycles. The van der Waals surface area contributed by atoms with E-state index in [1.54, 1.807) is 6.20 Å². The van der Waals surface area contributed by atoms with Crippen molar-refractivity contribution in [2.45, 2.75) is 19.3 Å². The Morgan fingerprint density at radius 1 is 0.449 bits per heavy atom. The van der Waals surface area contributed by atoms with Gasteiger partial charge in [-0.2, -0.15) is 0 Å². The summed E-state index contributed by atoms with van der Waals surface area (Å²) in [6.07, 6.45) is 3.67. The van der Waals surface area contributed by atoms with Gasteiger partial charge in [0, 0.05) is 34.5 Å². The Morgan fingerprint density at radius 2 is 1.10 bits per heavy atom. The Balaban J connectivity index is 1.25. The number of pyridine rings is 1. The van der Waals surface area contributed by atoms with Crippen molar-refractivity contribution in [3.63, 3.8) is 0 Å². The highest BCUT2D eigenvalue weighted by atomic mass is 15.0. The first kappa shape index (κ1) is 28.9. The van der Waals surface area contributed by atoms with E-state index < -0.39 is 0 Å². The highest BCUT2D eigenvalue weighted by molar-refractivity contribution is 6.01. The molecule has 0 N–H and O–H groups in total. The lowest BCUT2D eigenvalue weighted by Crippen LogP contribution is -2.15. The monoisotopic (exact) mass is 628 g/mol. The second kappa shape index (κ2) is 11.5. The van der Waals surface area contributed by atoms with E-state index in [0.717, 1.165) is 38.9 Å². The predicted octanol–water partition coefficient (Wildman–Crippen LogP) is 11.1. The van der Waals surface area contributed by atoms with Crippen LogP contribution in [-0.2, 0) is 5.41 Å². The van der Waals surface area contributed by atoms with Crippen LogP contribution in [0.3, 0.4) is 0 Å². The largest absolute Gasteiger partial charge is 0.264 e. The molecule has 1 aliphatic carbocycles. The maximum absolute atomic E-state index is 5.23. The topological polar surface area (TPSA) is 51.6 Å². The van der Waals surface area contributed by atoms with Crippen LogP contribution >= 0.6 is 0 Å². The van der Waals surface area contributed by atoms with Gasteiger partial charge in [0.2, 0.25) is 0 Å². The van der Waals surface area contributed by atoms with Crippen molar-refractivity contribution in [3.05, 3.63) is 169 Å². The lowest BCUT2D eigenvalue weighted by Gasteiger charge is -2.23. The standard InChI is InChI=1S/C45H32N4/c1-45(2)39-19-9-18-38(40(39)37-25-24-31-13-6-7-17-36(31)41(37)45)44-48-42(32-22-20-30(21-23-32)35-16-10-26-46-28-35)47-43(49-44)34-15-8-14-33(27-34)29-11-4-3-5-12-29/h3-28H,1-2H3. The zero-order valence-electron chi connectivity index (χ0n) is 27.3. The number of nitrogens with zero attached hydrogens (tertiary/aromatic N) is 4. The maximum Gasteiger partial charge on any atom is 0.164 e. The van der Waals surface area contributed by atoms with Gasteiger partial charge in [-0.3, -0.25) is 4.98 Å². The number of fused-ring (bicyclic) bond motifs is 5. The third-order valence-corrected chi connectivity index (χ3v) is 9.80. The van der Waals surface area contributed by atoms with Crippen LogP contribution in [0.15, 0.2) is 158 Å². The van der Waals surface area contributed by atoms with Crippen LogP contribution in [-0.4, -0.2) is 19.9 Å². The molecule has 9 rings (SSSR count). The van der Waals surface area contributed by atoms with Crippen molar-refractivity contribution in [2.24, 2.45) is 0 Å². The second-order valence-electron chi connectivity index (χ2n) is 13.1. The van der Waals surface area contributed by atoms with Crippen molar-refractivity contribution < 1.29 is 0 Å². The van der Waals surface area contributed by atoms with Gasteiger partial charge in [-0.15, -0.1) is 0 Å². The molecule has 0 bridgehead atoms. The van der Waals surface area contributed by atoms with Gasteiger partial charge in [0.15, 0.2) is 17.5 Å². The molecule has 0 saturated carbocycles. The first-order valence-electron chi connectivity index (χ1n) is 16.6. The molecule has 0 aliphatic heterocycles. The molecule has 0 atom stereocenters. The van der Waals surface area contributed by atoms with E-state index in [2.05, 4.69) is 152 Å². The predicted molar refractivity (Wildman–Crippen MR) is 200 cm³/mol. The zero-order chi connectivity index (χ0) is 33.0. The molecule has 0 fully saturated rings. The molecule has 0 radical (unpaired) electrons. The molecule has 0 unspecified atom stereocenters. The van der Waals surface area contributed by atoms with E-state index in [1.807, 2.05) is 18.3 Å². The first-order chi connectivity index (χ1) is 24.0. The molecular weight excluding hydrogens is 597 g/mol. The Labute approximate surface area is 285 Å². The van der Waals surface area contributed by atoms with Crippen LogP contribution in [0, 0.1) is 0 Å². The molecule has 2 heterocycles. The Kier molecular flexibility index (Phi) is 6.77. The summed E-state index contributed by atoms with van der Waals surface area (Å²) in [5, 5.41) is 2.54. The summed E-state index contributed by atoms with van der Waals surface area (Å²) in [6.45, 7) is 4.66. The van der Waals surface area contributed by atoms with Crippen molar-refractivity contribution >= 4 is 10.8 Å². The van der Waals surface area contributed by atoms with E-state index in [4.69, 9.17) is 15.0 Å². The van der Waals surface area contributed by atoms with Crippen molar-refractivity contribution in [2.75, 3.05) is 0 Å². The van der Waals surface area contributed by atoms with Gasteiger partial charge in [-0.05, 0) is 67.4 Å². The third-order valence-electron chi connectivity index (χ3n) is 9.80. The van der Waals surface area contributed by atoms with E-state index in [-0.39, 0.29) is 5.41 Å². The van der Waals surface area contributed by atoms with Crippen molar-refractivity contribution in [3.8, 4) is 67.5 Å². The van der Waals surface area contributed by atoms with Gasteiger partial charge in [-0.25, -0.2) is 15.0 Å². The summed E-state index contributed by atoms with van der Waals surface area (Å²) in [6, 6.07) is 51.1. The minimum Gasteiger partial charge on any atom is -0.264 e. The molecule has 4 heteroatoms. The van der Waals surface area contributed by atoms with Crippen LogP contribution in [0.2, 0.25) is 0 Å². The van der Waals surface area contributed by atoms with Crippen molar-refractivity contribution in [1.29, 1.82) is 0 Å². The SMILES string of the molecule is CC1(C)c2cccc(-c3nc(-c4ccc(-c5cccnc5)cc4)nc(-c4cccc(-c5ccccc5)c4)n3)c2-c2ccc3ccccc3c21. The van der Waals surface area contributed by atoms with E-state index in [9.17, 15) is 0 Å². The summed E-state index contributed by atoms with van der Waals surface area (Å²) >= 11 is 0. The minimum absolute atomic E-state index is 0.188. The molecule has 0 amide bonds. The fraction of sp³-hybridized carbons (Fsp3) is 0.0667. The summed E-state index contributed by atoms with van der Waals surface area (Å²) in [7, 11) is 0. The van der Waals surface area contributed by atoms with Gasteiger partial charge < -0.3 is 0 Å². The minimum atomic E-state index is -0.188. The van der Waals surface area contributed by atoms with Crippen LogP contribution in [0.5, 0.6) is 0 Å². The molecule has 232 valence electrons. The number of benzene rings is 6. The molecule has 8 aromatic rings. The average molecular weight is 629 g/mol. The van der Waals surface area contributed by atoms with Gasteiger partial charge in [-0.1, -0.05) is 147 Å². The molecule has 0 saturated heterocycles. The zero-order valence-corrected chi connectivity index (χ0v) is 27.3. The Bertz CT molecular complexity index is 2500. The van der Waals surface area contributed by atoms with Crippen LogP contribution in [0.1, 0.15) is 25.0 Å². The van der Waals surface area contributed by atoms with Crippen LogP contribution in [0.25, 0.3) is 78.3 Å². The van der Waals surface area contributed by atoms with E-state index >= 15 is 0 Å². The highest BCUT2D eigenvalue weighted by Crippen LogP contribution is 2.54. The number of rotatable bonds is 5. The van der Waals surface area contributed by atoms with Crippen LogP contribution < -0.4 is 0 Å². The molecule has 1 aliphatic rings. The summed E-state index contributed by atoms with van der Waals surface area (Å²) in [4.78, 5) is 19.8. The lowest BCUT2D eigenvalue weighted by molar-refractivity contribution is 0.666. The fourth-order valence-corrected chi connectivity index (χ4v) is 7.41. The Morgan fingerprint density at radius 3 is 1.92 bits per heavy atom. The normalized spacial score (nSPS) is 12.9. The third kappa shape index (κ3) is 4.92. The lowest BCUT2D eigenvalue weighted by atomic mass is 9.80. The Hall–Kier alpha value is -6.26. The molecule has 4 nitrogen and oxygen atoms in total. The summed E-state index contributed by atoms with van der Waals surface area (Å²) in [5.74, 6) is 1.94. The number of hydrogen-bond donors (Lipinski definition) is 0. The van der Waals surface area contributed by atoms with Crippen molar-refractivity contribution in [1.82, 2.24) is 19.9 Å². The van der Waals surface area contributed by atoms with Gasteiger partial charge >= 0.3 is 0 Å². The van der Waals surface area contributed by atoms with Gasteiger partial charge in [0.05, 0.1) is 0 Å². The quantitative estimate of drug-likeness (QED) is 0.190. The first-order valence-corrected chi connectivity index (χ1v) is 16.6. The average Bonchev–Trinajstić information content (AvgIpc) is 3.42. The number of aromatic nitrogens is 4. The molecular formula is C45H32N4. The molecule has 2 aromatic heterocycles. The smallest absolute Gasteiger partial charge is 0.164 e. The summed E-state index contributed by atoms with van der Waals surface area (Å²) < 4.78 is 0. The van der Waals surface area contributed by atoms with Gasteiger partial charge in [0.25, 0.3) is 0 Å². The maximum atomic E-state index is 5.23. The van der Waals surface area contributed by atoms with Crippen LogP contribution in [0.4, 0.5) is 0 Å². The number of hydrogen-bond acceptors (Lipinski definition) is 4. The van der Waals surface area contributed by atoms with Gasteiger partial charge in [0.1, 0.15) is 0 Å².